The summed E-state index contributed by atoms with van der Waals surface area (Å²) in [6.45, 7) is 0.882. The smallest absolute Gasteiger partial charge is 0.238 e. The molecule has 2 aromatic carbocycles. The summed E-state index contributed by atoms with van der Waals surface area (Å²) < 4.78 is 14.8. The van der Waals surface area contributed by atoms with Gasteiger partial charge in [0.25, 0.3) is 0 Å². The summed E-state index contributed by atoms with van der Waals surface area (Å²) in [4.78, 5) is 14.0. The zero-order valence-electron chi connectivity index (χ0n) is 12.8. The van der Waals surface area contributed by atoms with Crippen LogP contribution < -0.4 is 5.32 Å². The summed E-state index contributed by atoms with van der Waals surface area (Å²) in [7, 11) is 1.88. The van der Waals surface area contributed by atoms with Crippen LogP contribution in [-0.2, 0) is 11.3 Å². The van der Waals surface area contributed by atoms with Crippen LogP contribution in [0.2, 0.25) is 0 Å². The van der Waals surface area contributed by atoms with Crippen molar-refractivity contribution in [1.29, 1.82) is 0 Å². The number of rotatable bonds is 5. The van der Waals surface area contributed by atoms with E-state index >= 15 is 0 Å². The van der Waals surface area contributed by atoms with Crippen LogP contribution in [0.5, 0.6) is 0 Å². The molecule has 5 heteroatoms. The molecule has 0 saturated carbocycles. The Morgan fingerprint density at radius 1 is 1.17 bits per heavy atom. The molecule has 0 aliphatic carbocycles. The number of anilines is 1. The predicted molar refractivity (Wildman–Crippen MR) is 93.2 cm³/mol. The molecule has 118 valence electrons. The molecule has 1 aromatic heterocycles. The summed E-state index contributed by atoms with van der Waals surface area (Å²) in [6, 6.07) is 14.4. The lowest BCUT2D eigenvalue weighted by atomic mass is 10.2. The van der Waals surface area contributed by atoms with Gasteiger partial charge in [0.1, 0.15) is 5.82 Å². The Hall–Kier alpha value is -2.24. The first kappa shape index (κ1) is 15.6. The van der Waals surface area contributed by atoms with Crippen molar-refractivity contribution >= 4 is 33.0 Å². The lowest BCUT2D eigenvalue weighted by molar-refractivity contribution is -0.117. The zero-order valence-corrected chi connectivity index (χ0v) is 13.6. The average molecular weight is 328 g/mol. The molecule has 0 aliphatic rings. The van der Waals surface area contributed by atoms with Crippen molar-refractivity contribution in [3.63, 3.8) is 0 Å². The standard InChI is InChI=1S/C18H17FN2OS/c1-21(10-13-12-23-17-9-5-2-6-14(13)17)11-18(22)20-16-8-4-3-7-15(16)19/h2-9,12H,10-11H2,1H3,(H,20,22). The van der Waals surface area contributed by atoms with Crippen molar-refractivity contribution in [3.05, 3.63) is 65.3 Å². The highest BCUT2D eigenvalue weighted by molar-refractivity contribution is 7.17. The molecule has 23 heavy (non-hydrogen) atoms. The number of carbonyl (C=O) groups is 1. The molecule has 3 nitrogen and oxygen atoms in total. The van der Waals surface area contributed by atoms with Crippen LogP contribution in [0, 0.1) is 5.82 Å². The number of hydrogen-bond acceptors (Lipinski definition) is 3. The normalized spacial score (nSPS) is 11.1. The minimum Gasteiger partial charge on any atom is -0.322 e. The molecule has 0 radical (unpaired) electrons. The Morgan fingerprint density at radius 2 is 1.91 bits per heavy atom. The first-order chi connectivity index (χ1) is 11.1. The van der Waals surface area contributed by atoms with Gasteiger partial charge in [0, 0.05) is 11.2 Å². The zero-order chi connectivity index (χ0) is 16.2. The van der Waals surface area contributed by atoms with Crippen molar-refractivity contribution in [2.45, 2.75) is 6.54 Å². The second-order valence-electron chi connectivity index (χ2n) is 5.46. The third kappa shape index (κ3) is 3.75. The molecule has 0 unspecified atom stereocenters. The Kier molecular flexibility index (Phi) is 4.69. The van der Waals surface area contributed by atoms with Crippen molar-refractivity contribution in [1.82, 2.24) is 4.90 Å². The number of halogens is 1. The van der Waals surface area contributed by atoms with Crippen molar-refractivity contribution in [3.8, 4) is 0 Å². The van der Waals surface area contributed by atoms with Gasteiger partial charge in [0.05, 0.1) is 12.2 Å². The van der Waals surface area contributed by atoms with Crippen LogP contribution in [0.3, 0.4) is 0 Å². The summed E-state index contributed by atoms with van der Waals surface area (Å²) in [5.74, 6) is -0.649. The second-order valence-corrected chi connectivity index (χ2v) is 6.37. The Labute approximate surface area is 138 Å². The number of likely N-dealkylation sites (N-methyl/N-ethyl adjacent to an activating group) is 1. The van der Waals surface area contributed by atoms with Crippen LogP contribution in [-0.4, -0.2) is 24.4 Å². The molecule has 3 aromatic rings. The Bertz CT molecular complexity index is 831. The molecule has 0 aliphatic heterocycles. The van der Waals surface area contributed by atoms with Crippen molar-refractivity contribution in [2.75, 3.05) is 18.9 Å². The van der Waals surface area contributed by atoms with E-state index in [-0.39, 0.29) is 18.1 Å². The van der Waals surface area contributed by atoms with E-state index in [0.29, 0.717) is 6.54 Å². The molecule has 0 bridgehead atoms. The van der Waals surface area contributed by atoms with Crippen LogP contribution in [0.4, 0.5) is 10.1 Å². The molecular weight excluding hydrogens is 311 g/mol. The van der Waals surface area contributed by atoms with E-state index in [4.69, 9.17) is 0 Å². The van der Waals surface area contributed by atoms with Crippen LogP contribution in [0.15, 0.2) is 53.9 Å². The largest absolute Gasteiger partial charge is 0.322 e. The van der Waals surface area contributed by atoms with Gasteiger partial charge in [-0.25, -0.2) is 4.39 Å². The maximum atomic E-state index is 13.5. The van der Waals surface area contributed by atoms with E-state index in [1.165, 1.54) is 21.7 Å². The number of carbonyl (C=O) groups excluding carboxylic acids is 1. The molecule has 0 atom stereocenters. The molecule has 0 spiro atoms. The van der Waals surface area contributed by atoms with E-state index < -0.39 is 5.82 Å². The number of amides is 1. The maximum Gasteiger partial charge on any atom is 0.238 e. The fraction of sp³-hybridized carbons (Fsp3) is 0.167. The van der Waals surface area contributed by atoms with Gasteiger partial charge in [-0.2, -0.15) is 0 Å². The van der Waals surface area contributed by atoms with Crippen LogP contribution >= 0.6 is 11.3 Å². The third-order valence-electron chi connectivity index (χ3n) is 3.56. The van der Waals surface area contributed by atoms with Gasteiger partial charge in [0.15, 0.2) is 0 Å². The number of thiophene rings is 1. The highest BCUT2D eigenvalue weighted by Gasteiger charge is 2.11. The molecule has 1 N–H and O–H groups in total. The minimum absolute atomic E-state index is 0.207. The van der Waals surface area contributed by atoms with Gasteiger partial charge in [-0.05, 0) is 41.6 Å². The Morgan fingerprint density at radius 3 is 2.74 bits per heavy atom. The molecule has 0 saturated heterocycles. The van der Waals surface area contributed by atoms with Crippen molar-refractivity contribution in [2.24, 2.45) is 0 Å². The van der Waals surface area contributed by atoms with E-state index in [1.54, 1.807) is 29.5 Å². The highest BCUT2D eigenvalue weighted by Crippen LogP contribution is 2.26. The van der Waals surface area contributed by atoms with Crippen molar-refractivity contribution < 1.29 is 9.18 Å². The van der Waals surface area contributed by atoms with Crippen LogP contribution in [0.25, 0.3) is 10.1 Å². The monoisotopic (exact) mass is 328 g/mol. The van der Waals surface area contributed by atoms with Gasteiger partial charge >= 0.3 is 0 Å². The predicted octanol–water partition coefficient (Wildman–Crippen LogP) is 4.11. The summed E-state index contributed by atoms with van der Waals surface area (Å²) in [5.41, 5.74) is 1.42. The Balaban J connectivity index is 1.62. The molecule has 0 fully saturated rings. The number of fused-ring (bicyclic) bond motifs is 1. The number of para-hydroxylation sites is 1. The lowest BCUT2D eigenvalue weighted by Crippen LogP contribution is -2.30. The molecule has 1 heterocycles. The summed E-state index contributed by atoms with van der Waals surface area (Å²) in [6.07, 6.45) is 0. The first-order valence-electron chi connectivity index (χ1n) is 7.31. The van der Waals surface area contributed by atoms with E-state index in [9.17, 15) is 9.18 Å². The summed E-state index contributed by atoms with van der Waals surface area (Å²) in [5, 5.41) is 5.95. The number of nitrogens with one attached hydrogen (secondary N) is 1. The van der Waals surface area contributed by atoms with E-state index in [1.807, 2.05) is 24.1 Å². The SMILES string of the molecule is CN(CC(=O)Nc1ccccc1F)Cc1csc2ccccc12. The minimum atomic E-state index is -0.424. The average Bonchev–Trinajstić information content (AvgIpc) is 2.93. The van der Waals surface area contributed by atoms with Gasteiger partial charge in [-0.3, -0.25) is 9.69 Å². The van der Waals surface area contributed by atoms with Crippen LogP contribution in [0.1, 0.15) is 5.56 Å². The van der Waals surface area contributed by atoms with Gasteiger partial charge in [0.2, 0.25) is 5.91 Å². The van der Waals surface area contributed by atoms with E-state index in [0.717, 1.165) is 0 Å². The number of hydrogen-bond donors (Lipinski definition) is 1. The molecule has 1 amide bonds. The first-order valence-corrected chi connectivity index (χ1v) is 8.19. The van der Waals surface area contributed by atoms with E-state index in [2.05, 4.69) is 22.8 Å². The van der Waals surface area contributed by atoms with Gasteiger partial charge in [-0.1, -0.05) is 30.3 Å². The topological polar surface area (TPSA) is 32.3 Å². The maximum absolute atomic E-state index is 13.5. The number of nitrogens with zero attached hydrogens (tertiary/aromatic N) is 1. The second kappa shape index (κ2) is 6.89. The van der Waals surface area contributed by atoms with Gasteiger partial charge in [-0.15, -0.1) is 11.3 Å². The molecule has 3 rings (SSSR count). The molecular formula is C18H17FN2OS. The number of benzene rings is 2. The van der Waals surface area contributed by atoms with Gasteiger partial charge < -0.3 is 5.32 Å². The lowest BCUT2D eigenvalue weighted by Gasteiger charge is -2.16. The quantitative estimate of drug-likeness (QED) is 0.764. The fourth-order valence-corrected chi connectivity index (χ4v) is 3.45. The fourth-order valence-electron chi connectivity index (χ4n) is 2.50. The third-order valence-corrected chi connectivity index (χ3v) is 4.58. The highest BCUT2D eigenvalue weighted by atomic mass is 32.1. The summed E-state index contributed by atoms with van der Waals surface area (Å²) >= 11 is 1.70.